The number of piperazine rings is 1. The molecule has 3 heterocycles. The Hall–Kier alpha value is -4.01. The molecule has 33 heavy (non-hydrogen) atoms. The Morgan fingerprint density at radius 2 is 1.76 bits per heavy atom. The summed E-state index contributed by atoms with van der Waals surface area (Å²) in [7, 11) is 0. The molecule has 1 aliphatic rings. The van der Waals surface area contributed by atoms with E-state index in [1.165, 1.54) is 5.56 Å². The van der Waals surface area contributed by atoms with Gasteiger partial charge < -0.3 is 14.5 Å². The molecule has 1 amide bonds. The van der Waals surface area contributed by atoms with Gasteiger partial charge in [0.05, 0.1) is 5.69 Å². The third-order valence-corrected chi connectivity index (χ3v) is 5.78. The lowest BCUT2D eigenvalue weighted by molar-refractivity contribution is -0.133. The lowest BCUT2D eigenvalue weighted by Crippen LogP contribution is -2.50. The lowest BCUT2D eigenvalue weighted by Gasteiger charge is -2.35. The quantitative estimate of drug-likeness (QED) is 0.468. The molecule has 5 rings (SSSR count). The van der Waals surface area contributed by atoms with Crippen LogP contribution in [0.2, 0.25) is 0 Å². The molecule has 9 nitrogen and oxygen atoms in total. The number of fused-ring (bicyclic) bond motifs is 1. The molecular weight excluding hydrogens is 418 g/mol. The topological polar surface area (TPSA) is 89.3 Å². The molecule has 1 saturated heterocycles. The second kappa shape index (κ2) is 8.85. The Morgan fingerprint density at radius 1 is 0.970 bits per heavy atom. The summed E-state index contributed by atoms with van der Waals surface area (Å²) in [5.74, 6) is 1.43. The number of aromatic nitrogens is 5. The van der Waals surface area contributed by atoms with Gasteiger partial charge in [-0.05, 0) is 43.7 Å². The van der Waals surface area contributed by atoms with Gasteiger partial charge in [-0.25, -0.2) is 9.97 Å². The van der Waals surface area contributed by atoms with Crippen molar-refractivity contribution in [3.8, 4) is 11.4 Å². The van der Waals surface area contributed by atoms with Crippen LogP contribution in [-0.4, -0.2) is 68.6 Å². The van der Waals surface area contributed by atoms with Crippen LogP contribution in [0.5, 0.6) is 5.75 Å². The zero-order chi connectivity index (χ0) is 22.8. The molecule has 4 aromatic rings. The van der Waals surface area contributed by atoms with Crippen LogP contribution in [0.15, 0.2) is 54.9 Å². The van der Waals surface area contributed by atoms with Crippen molar-refractivity contribution >= 4 is 22.9 Å². The van der Waals surface area contributed by atoms with E-state index in [1.807, 2.05) is 67.3 Å². The summed E-state index contributed by atoms with van der Waals surface area (Å²) in [6.45, 7) is 6.56. The molecule has 0 spiro atoms. The molecule has 0 saturated carbocycles. The monoisotopic (exact) mass is 443 g/mol. The Kier molecular flexibility index (Phi) is 5.60. The predicted molar refractivity (Wildman–Crippen MR) is 125 cm³/mol. The van der Waals surface area contributed by atoms with Crippen molar-refractivity contribution in [2.45, 2.75) is 13.8 Å². The van der Waals surface area contributed by atoms with E-state index in [-0.39, 0.29) is 12.5 Å². The normalized spacial score (nSPS) is 14.0. The number of carbonyl (C=O) groups excluding carboxylic acids is 1. The highest BCUT2D eigenvalue weighted by atomic mass is 16.5. The SMILES string of the molecule is Cc1ccc(-n2nnc3c(N4CCN(C(=O)COc5cccc(C)c5)CC4)ncnc32)cc1. The second-order valence-electron chi connectivity index (χ2n) is 8.18. The fourth-order valence-electron chi connectivity index (χ4n) is 3.94. The second-order valence-corrected chi connectivity index (χ2v) is 8.18. The zero-order valence-corrected chi connectivity index (χ0v) is 18.7. The zero-order valence-electron chi connectivity index (χ0n) is 18.7. The van der Waals surface area contributed by atoms with Gasteiger partial charge in [0.2, 0.25) is 0 Å². The summed E-state index contributed by atoms with van der Waals surface area (Å²) < 4.78 is 7.40. The molecule has 0 N–H and O–H groups in total. The minimum atomic E-state index is -0.0192. The fraction of sp³-hybridized carbons (Fsp3) is 0.292. The van der Waals surface area contributed by atoms with Crippen LogP contribution < -0.4 is 9.64 Å². The minimum absolute atomic E-state index is 0.0192. The first-order valence-electron chi connectivity index (χ1n) is 10.9. The molecule has 0 atom stereocenters. The summed E-state index contributed by atoms with van der Waals surface area (Å²) in [4.78, 5) is 25.5. The van der Waals surface area contributed by atoms with Gasteiger partial charge >= 0.3 is 0 Å². The molecule has 0 radical (unpaired) electrons. The number of benzene rings is 2. The number of ether oxygens (including phenoxy) is 1. The van der Waals surface area contributed by atoms with Crippen LogP contribution in [0.1, 0.15) is 11.1 Å². The maximum absolute atomic E-state index is 12.6. The maximum Gasteiger partial charge on any atom is 0.260 e. The van der Waals surface area contributed by atoms with E-state index in [0.29, 0.717) is 43.1 Å². The Morgan fingerprint density at radius 3 is 2.52 bits per heavy atom. The highest BCUT2D eigenvalue weighted by Gasteiger charge is 2.25. The average molecular weight is 444 g/mol. The molecule has 1 fully saturated rings. The van der Waals surface area contributed by atoms with Crippen LogP contribution in [0.25, 0.3) is 16.9 Å². The first kappa shape index (κ1) is 20.9. The van der Waals surface area contributed by atoms with E-state index in [1.54, 1.807) is 11.0 Å². The van der Waals surface area contributed by atoms with Crippen LogP contribution in [0, 0.1) is 13.8 Å². The van der Waals surface area contributed by atoms with Crippen LogP contribution in [0.4, 0.5) is 5.82 Å². The van der Waals surface area contributed by atoms with Gasteiger partial charge in [-0.3, -0.25) is 4.79 Å². The van der Waals surface area contributed by atoms with Crippen molar-refractivity contribution < 1.29 is 9.53 Å². The van der Waals surface area contributed by atoms with Gasteiger partial charge in [-0.2, -0.15) is 4.68 Å². The predicted octanol–water partition coefficient (Wildman–Crippen LogP) is 2.55. The van der Waals surface area contributed by atoms with E-state index in [9.17, 15) is 4.79 Å². The van der Waals surface area contributed by atoms with Gasteiger partial charge in [0.25, 0.3) is 5.91 Å². The van der Waals surface area contributed by atoms with E-state index in [0.717, 1.165) is 17.1 Å². The fourth-order valence-corrected chi connectivity index (χ4v) is 3.94. The minimum Gasteiger partial charge on any atom is -0.484 e. The maximum atomic E-state index is 12.6. The van der Waals surface area contributed by atoms with E-state index < -0.39 is 0 Å². The molecule has 0 aliphatic carbocycles. The summed E-state index contributed by atoms with van der Waals surface area (Å²) in [6.07, 6.45) is 1.54. The lowest BCUT2D eigenvalue weighted by atomic mass is 10.2. The van der Waals surface area contributed by atoms with Crippen LogP contribution >= 0.6 is 0 Å². The molecular formula is C24H25N7O2. The number of hydrogen-bond donors (Lipinski definition) is 0. The molecule has 2 aromatic heterocycles. The van der Waals surface area contributed by atoms with Gasteiger partial charge in [0, 0.05) is 26.2 Å². The number of aryl methyl sites for hydroxylation is 2. The first-order chi connectivity index (χ1) is 16.1. The third kappa shape index (κ3) is 4.34. The molecule has 2 aromatic carbocycles. The summed E-state index contributed by atoms with van der Waals surface area (Å²) in [5, 5.41) is 8.67. The van der Waals surface area contributed by atoms with Gasteiger partial charge in [0.15, 0.2) is 23.6 Å². The van der Waals surface area contributed by atoms with E-state index in [4.69, 9.17) is 4.74 Å². The molecule has 9 heteroatoms. The summed E-state index contributed by atoms with van der Waals surface area (Å²) in [5.41, 5.74) is 4.49. The highest BCUT2D eigenvalue weighted by molar-refractivity contribution is 5.84. The van der Waals surface area contributed by atoms with Crippen LogP contribution in [-0.2, 0) is 4.79 Å². The van der Waals surface area contributed by atoms with E-state index in [2.05, 4.69) is 25.2 Å². The number of carbonyl (C=O) groups is 1. The van der Waals surface area contributed by atoms with Crippen LogP contribution in [0.3, 0.4) is 0 Å². The van der Waals surface area contributed by atoms with Crippen molar-refractivity contribution in [1.29, 1.82) is 0 Å². The van der Waals surface area contributed by atoms with Gasteiger partial charge in [0.1, 0.15) is 12.1 Å². The van der Waals surface area contributed by atoms with Crippen molar-refractivity contribution in [2.24, 2.45) is 0 Å². The molecule has 0 unspecified atom stereocenters. The number of nitrogens with zero attached hydrogens (tertiary/aromatic N) is 7. The number of anilines is 1. The van der Waals surface area contributed by atoms with Crippen molar-refractivity contribution in [1.82, 2.24) is 29.9 Å². The van der Waals surface area contributed by atoms with Crippen molar-refractivity contribution in [3.05, 3.63) is 66.0 Å². The van der Waals surface area contributed by atoms with E-state index >= 15 is 0 Å². The number of hydrogen-bond acceptors (Lipinski definition) is 7. The molecule has 168 valence electrons. The largest absolute Gasteiger partial charge is 0.484 e. The molecule has 1 aliphatic heterocycles. The highest BCUT2D eigenvalue weighted by Crippen LogP contribution is 2.24. The summed E-state index contributed by atoms with van der Waals surface area (Å²) in [6, 6.07) is 15.8. The van der Waals surface area contributed by atoms with Gasteiger partial charge in [-0.15, -0.1) is 5.10 Å². The smallest absolute Gasteiger partial charge is 0.260 e. The number of rotatable bonds is 5. The summed E-state index contributed by atoms with van der Waals surface area (Å²) >= 11 is 0. The standard InChI is InChI=1S/C24H25N7O2/c1-17-6-8-19(9-7-17)31-24-22(27-28-31)23(25-16-26-24)30-12-10-29(11-13-30)21(32)15-33-20-5-3-4-18(2)14-20/h3-9,14,16H,10-13,15H2,1-2H3. The Bertz CT molecular complexity index is 1280. The first-order valence-corrected chi connectivity index (χ1v) is 10.9. The van der Waals surface area contributed by atoms with Crippen molar-refractivity contribution in [3.63, 3.8) is 0 Å². The van der Waals surface area contributed by atoms with Crippen molar-refractivity contribution in [2.75, 3.05) is 37.7 Å². The molecule has 0 bridgehead atoms. The third-order valence-electron chi connectivity index (χ3n) is 5.78. The average Bonchev–Trinajstić information content (AvgIpc) is 3.28. The Labute approximate surface area is 191 Å². The van der Waals surface area contributed by atoms with Gasteiger partial charge in [-0.1, -0.05) is 35.0 Å². The number of amides is 1. The Balaban J connectivity index is 1.26.